The fourth-order valence-electron chi connectivity index (χ4n) is 1.67. The third-order valence-electron chi connectivity index (χ3n) is 2.90. The minimum absolute atomic E-state index is 0.134. The van der Waals surface area contributed by atoms with Crippen LogP contribution in [0.1, 0.15) is 44.9 Å². The Morgan fingerprint density at radius 3 is 1.53 bits per heavy atom. The third-order valence-corrected chi connectivity index (χ3v) is 6.78. The summed E-state index contributed by atoms with van der Waals surface area (Å²) in [6, 6.07) is 0. The van der Waals surface area contributed by atoms with E-state index in [9.17, 15) is 14.2 Å². The van der Waals surface area contributed by atoms with Crippen LogP contribution in [0.15, 0.2) is 0 Å². The molecule has 7 N–H and O–H groups in total. The molecular formula is C9H23NO7P2. The van der Waals surface area contributed by atoms with Crippen LogP contribution in [0, 0.1) is 0 Å². The molecule has 0 saturated carbocycles. The summed E-state index contributed by atoms with van der Waals surface area (Å²) in [4.78, 5) is 35.6. The van der Waals surface area contributed by atoms with Crippen molar-refractivity contribution in [3.8, 4) is 0 Å². The molecule has 0 aliphatic rings. The summed E-state index contributed by atoms with van der Waals surface area (Å²) in [6.07, 6.45) is 3.53. The molecule has 0 heterocycles. The molecular weight excluding hydrogens is 296 g/mol. The van der Waals surface area contributed by atoms with E-state index in [2.05, 4.69) is 0 Å². The smallest absolute Gasteiger partial charge is 0.368 e. The van der Waals surface area contributed by atoms with Crippen LogP contribution in [0.25, 0.3) is 0 Å². The van der Waals surface area contributed by atoms with Crippen LogP contribution in [0.3, 0.4) is 0 Å². The zero-order valence-electron chi connectivity index (χ0n) is 10.7. The van der Waals surface area contributed by atoms with E-state index in [-0.39, 0.29) is 6.42 Å². The molecule has 0 aliphatic heterocycles. The Morgan fingerprint density at radius 2 is 1.16 bits per heavy atom. The predicted molar refractivity (Wildman–Crippen MR) is 70.4 cm³/mol. The van der Waals surface area contributed by atoms with Gasteiger partial charge in [0.1, 0.15) is 0 Å². The lowest BCUT2D eigenvalue weighted by molar-refractivity contribution is 0.120. The molecule has 0 bridgehead atoms. The summed E-state index contributed by atoms with van der Waals surface area (Å²) in [6.45, 7) is 0.607. The Hall–Kier alpha value is 0.220. The highest BCUT2D eigenvalue weighted by molar-refractivity contribution is 7.72. The molecule has 10 heteroatoms. The van der Waals surface area contributed by atoms with E-state index in [1.165, 1.54) is 0 Å². The Bertz CT molecular complexity index is 328. The molecule has 0 fully saturated rings. The number of hydrogen-bond donors (Lipinski definition) is 6. The maximum absolute atomic E-state index is 11.0. The van der Waals surface area contributed by atoms with Crippen molar-refractivity contribution in [1.82, 2.24) is 0 Å². The average molecular weight is 319 g/mol. The van der Waals surface area contributed by atoms with E-state index in [0.29, 0.717) is 13.0 Å². The molecule has 0 amide bonds. The predicted octanol–water partition coefficient (Wildman–Crippen LogP) is 0.677. The summed E-state index contributed by atoms with van der Waals surface area (Å²) < 4.78 is 22.1. The monoisotopic (exact) mass is 319 g/mol. The SMILES string of the molecule is NCCCCCCCCC(O)(P(=O)(O)O)P(=O)(O)O. The molecule has 0 aromatic carbocycles. The zero-order valence-corrected chi connectivity index (χ0v) is 12.5. The Labute approximate surface area is 112 Å². The Kier molecular flexibility index (Phi) is 7.95. The van der Waals surface area contributed by atoms with Crippen molar-refractivity contribution in [1.29, 1.82) is 0 Å². The van der Waals surface area contributed by atoms with Gasteiger partial charge >= 0.3 is 15.2 Å². The fourth-order valence-corrected chi connectivity index (χ4v) is 3.93. The normalized spacial score (nSPS) is 13.8. The van der Waals surface area contributed by atoms with E-state index in [4.69, 9.17) is 25.3 Å². The second kappa shape index (κ2) is 7.86. The van der Waals surface area contributed by atoms with Crippen LogP contribution in [0.4, 0.5) is 0 Å². The molecule has 0 aliphatic carbocycles. The van der Waals surface area contributed by atoms with Gasteiger partial charge in [0.25, 0.3) is 5.08 Å². The Balaban J connectivity index is 4.26. The molecule has 0 spiro atoms. The fraction of sp³-hybridized carbons (Fsp3) is 1.00. The highest BCUT2D eigenvalue weighted by atomic mass is 31.2. The van der Waals surface area contributed by atoms with Crippen molar-refractivity contribution in [2.75, 3.05) is 6.54 Å². The second-order valence-electron chi connectivity index (χ2n) is 4.52. The van der Waals surface area contributed by atoms with Crippen molar-refractivity contribution in [3.05, 3.63) is 0 Å². The van der Waals surface area contributed by atoms with Crippen LogP contribution >= 0.6 is 15.2 Å². The molecule has 19 heavy (non-hydrogen) atoms. The van der Waals surface area contributed by atoms with E-state index >= 15 is 0 Å². The van der Waals surface area contributed by atoms with Crippen LogP contribution in [-0.2, 0) is 9.13 Å². The van der Waals surface area contributed by atoms with Crippen molar-refractivity contribution >= 4 is 15.2 Å². The molecule has 0 radical (unpaired) electrons. The van der Waals surface area contributed by atoms with Gasteiger partial charge in [-0.2, -0.15) is 0 Å². The first-order valence-corrected chi connectivity index (χ1v) is 9.32. The van der Waals surface area contributed by atoms with Gasteiger partial charge in [-0.05, 0) is 25.8 Å². The van der Waals surface area contributed by atoms with Crippen LogP contribution < -0.4 is 5.73 Å². The van der Waals surface area contributed by atoms with Crippen molar-refractivity contribution in [2.24, 2.45) is 5.73 Å². The van der Waals surface area contributed by atoms with Gasteiger partial charge in [0, 0.05) is 0 Å². The summed E-state index contributed by atoms with van der Waals surface area (Å²) in [5, 5.41) is 6.32. The lowest BCUT2D eigenvalue weighted by Crippen LogP contribution is -2.28. The van der Waals surface area contributed by atoms with E-state index in [1.54, 1.807) is 0 Å². The summed E-state index contributed by atoms with van der Waals surface area (Å²) in [7, 11) is -10.6. The number of unbranched alkanes of at least 4 members (excludes halogenated alkanes) is 5. The van der Waals surface area contributed by atoms with Gasteiger partial charge in [-0.25, -0.2) is 0 Å². The van der Waals surface area contributed by atoms with Gasteiger partial charge in [0.2, 0.25) is 0 Å². The second-order valence-corrected chi connectivity index (χ2v) is 8.53. The first-order chi connectivity index (χ1) is 8.56. The van der Waals surface area contributed by atoms with Crippen molar-refractivity contribution < 1.29 is 33.8 Å². The molecule has 0 rings (SSSR count). The minimum Gasteiger partial charge on any atom is -0.368 e. The van der Waals surface area contributed by atoms with Gasteiger partial charge < -0.3 is 30.4 Å². The number of nitrogens with two attached hydrogens (primary N) is 1. The van der Waals surface area contributed by atoms with E-state index < -0.39 is 26.7 Å². The van der Waals surface area contributed by atoms with Gasteiger partial charge in [-0.1, -0.05) is 25.7 Å². The number of aliphatic hydroxyl groups is 1. The maximum Gasteiger partial charge on any atom is 0.369 e. The molecule has 116 valence electrons. The Morgan fingerprint density at radius 1 is 0.789 bits per heavy atom. The van der Waals surface area contributed by atoms with Crippen LogP contribution in [-0.4, -0.2) is 36.3 Å². The maximum atomic E-state index is 11.0. The highest BCUT2D eigenvalue weighted by Gasteiger charge is 2.58. The number of hydrogen-bond acceptors (Lipinski definition) is 4. The average Bonchev–Trinajstić information content (AvgIpc) is 2.24. The van der Waals surface area contributed by atoms with Crippen molar-refractivity contribution in [3.63, 3.8) is 0 Å². The van der Waals surface area contributed by atoms with Gasteiger partial charge in [-0.3, -0.25) is 9.13 Å². The minimum atomic E-state index is -5.30. The quantitative estimate of drug-likeness (QED) is 0.253. The van der Waals surface area contributed by atoms with Gasteiger partial charge in [0.15, 0.2) is 0 Å². The van der Waals surface area contributed by atoms with Crippen LogP contribution in [0.5, 0.6) is 0 Å². The highest BCUT2D eigenvalue weighted by Crippen LogP contribution is 2.69. The van der Waals surface area contributed by atoms with Crippen LogP contribution in [0.2, 0.25) is 0 Å². The molecule has 8 nitrogen and oxygen atoms in total. The number of rotatable bonds is 10. The lowest BCUT2D eigenvalue weighted by atomic mass is 10.1. The summed E-state index contributed by atoms with van der Waals surface area (Å²) >= 11 is 0. The molecule has 0 aromatic heterocycles. The molecule has 0 saturated heterocycles. The standard InChI is InChI=1S/C9H23NO7P2/c10-8-6-4-2-1-3-5-7-9(11,18(12,13)14)19(15,16)17/h11H,1-8,10H2,(H2,12,13,14)(H2,15,16,17). The van der Waals surface area contributed by atoms with E-state index in [1.807, 2.05) is 0 Å². The molecule has 0 aromatic rings. The molecule has 0 atom stereocenters. The van der Waals surface area contributed by atoms with E-state index in [0.717, 1.165) is 25.7 Å². The molecule has 0 unspecified atom stereocenters. The zero-order chi connectivity index (χ0) is 15.2. The largest absolute Gasteiger partial charge is 0.369 e. The van der Waals surface area contributed by atoms with Crippen molar-refractivity contribution in [2.45, 2.75) is 50.0 Å². The summed E-state index contributed by atoms with van der Waals surface area (Å²) in [5.74, 6) is 0. The topological polar surface area (TPSA) is 161 Å². The lowest BCUT2D eigenvalue weighted by Gasteiger charge is -2.29. The van der Waals surface area contributed by atoms with Gasteiger partial charge in [-0.15, -0.1) is 0 Å². The first-order valence-electron chi connectivity index (χ1n) is 6.10. The first kappa shape index (κ1) is 19.2. The third kappa shape index (κ3) is 6.02. The van der Waals surface area contributed by atoms with Gasteiger partial charge in [0.05, 0.1) is 0 Å². The summed E-state index contributed by atoms with van der Waals surface area (Å²) in [5.41, 5.74) is 5.32.